The van der Waals surface area contributed by atoms with Gasteiger partial charge in [-0.05, 0) is 12.5 Å². The van der Waals surface area contributed by atoms with Crippen molar-refractivity contribution in [3.8, 4) is 0 Å². The van der Waals surface area contributed by atoms with Crippen LogP contribution in [0.15, 0.2) is 30.3 Å². The van der Waals surface area contributed by atoms with Crippen molar-refractivity contribution in [1.82, 2.24) is 5.48 Å². The first-order chi connectivity index (χ1) is 7.52. The Morgan fingerprint density at radius 2 is 2.06 bits per heavy atom. The van der Waals surface area contributed by atoms with E-state index in [0.717, 1.165) is 5.56 Å². The number of carbonyl (C=O) groups is 1. The Kier molecular flexibility index (Phi) is 4.42. The normalized spacial score (nSPS) is 14.4. The summed E-state index contributed by atoms with van der Waals surface area (Å²) >= 11 is 0. The van der Waals surface area contributed by atoms with Crippen molar-refractivity contribution >= 4 is 5.97 Å². The van der Waals surface area contributed by atoms with Gasteiger partial charge in [-0.3, -0.25) is 4.84 Å². The quantitative estimate of drug-likeness (QED) is 0.486. The maximum atomic E-state index is 10.5. The molecule has 0 saturated carbocycles. The summed E-state index contributed by atoms with van der Waals surface area (Å²) in [5.41, 5.74) is 1.56. The highest BCUT2D eigenvalue weighted by Crippen LogP contribution is 2.02. The number of aliphatic hydroxyl groups is 1. The van der Waals surface area contributed by atoms with Gasteiger partial charge in [-0.25, -0.2) is 4.79 Å². The van der Waals surface area contributed by atoms with E-state index in [1.54, 1.807) is 0 Å². The predicted molar refractivity (Wildman–Crippen MR) is 57.5 cm³/mol. The predicted octanol–water partition coefficient (Wildman–Crippen LogP) is 0.543. The summed E-state index contributed by atoms with van der Waals surface area (Å²) in [6.45, 7) is 1.35. The van der Waals surface area contributed by atoms with E-state index in [1.807, 2.05) is 30.3 Å². The summed E-state index contributed by atoms with van der Waals surface area (Å²) in [6.07, 6.45) is 0. The van der Waals surface area contributed by atoms with E-state index in [2.05, 4.69) is 5.48 Å². The molecule has 1 rings (SSSR count). The molecule has 16 heavy (non-hydrogen) atoms. The van der Waals surface area contributed by atoms with Gasteiger partial charge < -0.3 is 10.2 Å². The molecule has 5 nitrogen and oxygen atoms in total. The third kappa shape index (κ3) is 3.98. The third-order valence-corrected chi connectivity index (χ3v) is 2.06. The first-order valence-corrected chi connectivity index (χ1v) is 4.87. The van der Waals surface area contributed by atoms with Gasteiger partial charge >= 0.3 is 5.97 Å². The Labute approximate surface area is 93.6 Å². The van der Waals surface area contributed by atoms with Crippen LogP contribution in [0.3, 0.4) is 0 Å². The van der Waals surface area contributed by atoms with Crippen LogP contribution in [0.1, 0.15) is 12.5 Å². The lowest BCUT2D eigenvalue weighted by molar-refractivity contribution is -0.159. The number of hydrogen-bond donors (Lipinski definition) is 3. The molecule has 1 atom stereocenters. The Hall–Kier alpha value is -1.43. The van der Waals surface area contributed by atoms with Crippen LogP contribution in [0.2, 0.25) is 0 Å². The molecule has 1 unspecified atom stereocenters. The van der Waals surface area contributed by atoms with Gasteiger partial charge in [-0.2, -0.15) is 5.48 Å². The largest absolute Gasteiger partial charge is 0.479 e. The highest BCUT2D eigenvalue weighted by atomic mass is 16.6. The molecule has 88 valence electrons. The first-order valence-electron chi connectivity index (χ1n) is 4.87. The number of nitrogens with one attached hydrogen (secondary N) is 1. The van der Waals surface area contributed by atoms with Crippen LogP contribution in [-0.4, -0.2) is 28.3 Å². The van der Waals surface area contributed by atoms with Crippen LogP contribution >= 0.6 is 0 Å². The lowest BCUT2D eigenvalue weighted by Crippen LogP contribution is -2.44. The van der Waals surface area contributed by atoms with Crippen molar-refractivity contribution in [2.75, 3.05) is 6.54 Å². The molecule has 0 aliphatic heterocycles. The van der Waals surface area contributed by atoms with Gasteiger partial charge in [0, 0.05) is 0 Å². The van der Waals surface area contributed by atoms with Crippen LogP contribution in [0.4, 0.5) is 0 Å². The molecular formula is C11H15NO4. The lowest BCUT2D eigenvalue weighted by Gasteiger charge is -2.17. The number of carboxylic acid groups (broad SMARTS) is 1. The van der Waals surface area contributed by atoms with E-state index in [1.165, 1.54) is 6.92 Å². The molecule has 0 saturated heterocycles. The second kappa shape index (κ2) is 5.60. The van der Waals surface area contributed by atoms with Gasteiger partial charge in [-0.15, -0.1) is 0 Å². The van der Waals surface area contributed by atoms with Crippen LogP contribution in [-0.2, 0) is 16.2 Å². The first kappa shape index (κ1) is 12.6. The maximum Gasteiger partial charge on any atom is 0.336 e. The van der Waals surface area contributed by atoms with E-state index in [9.17, 15) is 9.90 Å². The average Bonchev–Trinajstić information content (AvgIpc) is 2.26. The smallest absolute Gasteiger partial charge is 0.336 e. The monoisotopic (exact) mass is 225 g/mol. The Bertz CT molecular complexity index is 337. The Morgan fingerprint density at radius 3 is 2.62 bits per heavy atom. The SMILES string of the molecule is CC(O)(CNOCc1ccccc1)C(=O)O. The van der Waals surface area contributed by atoms with Crippen molar-refractivity contribution in [2.45, 2.75) is 19.1 Å². The van der Waals surface area contributed by atoms with E-state index < -0.39 is 11.6 Å². The van der Waals surface area contributed by atoms with Gasteiger partial charge in [0.05, 0.1) is 13.2 Å². The summed E-state index contributed by atoms with van der Waals surface area (Å²) in [6, 6.07) is 9.43. The molecule has 0 spiro atoms. The minimum absolute atomic E-state index is 0.171. The summed E-state index contributed by atoms with van der Waals surface area (Å²) < 4.78 is 0. The number of rotatable bonds is 6. The van der Waals surface area contributed by atoms with Gasteiger partial charge in [0.2, 0.25) is 0 Å². The maximum absolute atomic E-state index is 10.5. The fourth-order valence-electron chi connectivity index (χ4n) is 0.976. The van der Waals surface area contributed by atoms with Gasteiger partial charge in [0.25, 0.3) is 0 Å². The van der Waals surface area contributed by atoms with Crippen LogP contribution in [0.25, 0.3) is 0 Å². The topological polar surface area (TPSA) is 78.8 Å². The van der Waals surface area contributed by atoms with Crippen molar-refractivity contribution in [3.63, 3.8) is 0 Å². The fourth-order valence-corrected chi connectivity index (χ4v) is 0.976. The molecule has 0 bridgehead atoms. The zero-order valence-electron chi connectivity index (χ0n) is 9.01. The number of hydroxylamine groups is 1. The highest BCUT2D eigenvalue weighted by Gasteiger charge is 2.29. The van der Waals surface area contributed by atoms with E-state index in [-0.39, 0.29) is 6.54 Å². The summed E-state index contributed by atoms with van der Waals surface area (Å²) in [5, 5.41) is 18.0. The molecule has 5 heteroatoms. The number of carboxylic acids is 1. The van der Waals surface area contributed by atoms with E-state index in [4.69, 9.17) is 9.94 Å². The minimum atomic E-state index is -1.82. The van der Waals surface area contributed by atoms with Crippen LogP contribution < -0.4 is 5.48 Å². The lowest BCUT2D eigenvalue weighted by atomic mass is 10.1. The highest BCUT2D eigenvalue weighted by molar-refractivity contribution is 5.76. The second-order valence-corrected chi connectivity index (χ2v) is 3.67. The summed E-state index contributed by atoms with van der Waals surface area (Å²) in [4.78, 5) is 15.6. The molecular weight excluding hydrogens is 210 g/mol. The van der Waals surface area contributed by atoms with E-state index >= 15 is 0 Å². The average molecular weight is 225 g/mol. The van der Waals surface area contributed by atoms with Gasteiger partial charge in [-0.1, -0.05) is 30.3 Å². The Balaban J connectivity index is 2.25. The molecule has 0 aliphatic rings. The zero-order chi connectivity index (χ0) is 12.0. The fraction of sp³-hybridized carbons (Fsp3) is 0.364. The van der Waals surface area contributed by atoms with Crippen LogP contribution in [0.5, 0.6) is 0 Å². The summed E-state index contributed by atoms with van der Waals surface area (Å²) in [7, 11) is 0. The Morgan fingerprint density at radius 1 is 1.44 bits per heavy atom. The zero-order valence-corrected chi connectivity index (χ0v) is 9.01. The minimum Gasteiger partial charge on any atom is -0.479 e. The van der Waals surface area contributed by atoms with Gasteiger partial charge in [0.15, 0.2) is 5.60 Å². The molecule has 0 aliphatic carbocycles. The third-order valence-electron chi connectivity index (χ3n) is 2.06. The molecule has 0 heterocycles. The second-order valence-electron chi connectivity index (χ2n) is 3.67. The van der Waals surface area contributed by atoms with E-state index in [0.29, 0.717) is 6.61 Å². The van der Waals surface area contributed by atoms with Crippen molar-refractivity contribution in [2.24, 2.45) is 0 Å². The molecule has 0 aromatic heterocycles. The van der Waals surface area contributed by atoms with Crippen molar-refractivity contribution < 1.29 is 19.8 Å². The van der Waals surface area contributed by atoms with Crippen LogP contribution in [0, 0.1) is 0 Å². The standard InChI is InChI=1S/C11H15NO4/c1-11(15,10(13)14)8-12-16-7-9-5-3-2-4-6-9/h2-6,12,15H,7-8H2,1H3,(H,13,14). The number of hydrogen-bond acceptors (Lipinski definition) is 4. The number of benzene rings is 1. The molecule has 3 N–H and O–H groups in total. The molecule has 1 aromatic carbocycles. The van der Waals surface area contributed by atoms with Gasteiger partial charge in [0.1, 0.15) is 0 Å². The van der Waals surface area contributed by atoms with Crippen molar-refractivity contribution in [3.05, 3.63) is 35.9 Å². The molecule has 0 amide bonds. The summed E-state index contributed by atoms with van der Waals surface area (Å²) in [5.74, 6) is -1.29. The molecule has 0 radical (unpaired) electrons. The van der Waals surface area contributed by atoms with Crippen molar-refractivity contribution in [1.29, 1.82) is 0 Å². The molecule has 0 fully saturated rings. The molecule has 1 aromatic rings. The number of aliphatic carboxylic acids is 1.